The highest BCUT2D eigenvalue weighted by Crippen LogP contribution is 2.29. The fourth-order valence-electron chi connectivity index (χ4n) is 3.00. The molecule has 4 rings (SSSR count). The van der Waals surface area contributed by atoms with Gasteiger partial charge in [0.15, 0.2) is 11.0 Å². The molecule has 0 bridgehead atoms. The molecule has 0 aliphatic rings. The van der Waals surface area contributed by atoms with Crippen LogP contribution in [0.5, 0.6) is 0 Å². The summed E-state index contributed by atoms with van der Waals surface area (Å²) >= 11 is 7.39. The van der Waals surface area contributed by atoms with Crippen LogP contribution < -0.4 is 5.32 Å². The molecule has 0 saturated carbocycles. The minimum Gasteiger partial charge on any atom is -0.325 e. The number of thioether (sulfide) groups is 1. The van der Waals surface area contributed by atoms with Gasteiger partial charge in [-0.1, -0.05) is 53.7 Å². The number of rotatable bonds is 6. The number of aryl methyl sites for hydroxylation is 1. The molecule has 0 aliphatic carbocycles. The number of benzene rings is 3. The molecular weight excluding hydrogens is 416 g/mol. The SMILES string of the molecule is Cc1cccc(-n2c(SCC(=O)Nc3ccccc3)nnc2-c2ccc(Cl)cc2)c1. The third-order valence-corrected chi connectivity index (χ3v) is 5.57. The van der Waals surface area contributed by atoms with Crippen molar-refractivity contribution in [3.05, 3.63) is 89.4 Å². The topological polar surface area (TPSA) is 59.8 Å². The molecule has 0 aliphatic heterocycles. The van der Waals surface area contributed by atoms with Crippen molar-refractivity contribution < 1.29 is 4.79 Å². The van der Waals surface area contributed by atoms with Crippen LogP contribution in [0.3, 0.4) is 0 Å². The number of aromatic nitrogens is 3. The summed E-state index contributed by atoms with van der Waals surface area (Å²) in [5.41, 5.74) is 3.73. The summed E-state index contributed by atoms with van der Waals surface area (Å²) in [5, 5.41) is 13.0. The highest BCUT2D eigenvalue weighted by molar-refractivity contribution is 7.99. The second kappa shape index (κ2) is 9.15. The fraction of sp³-hybridized carbons (Fsp3) is 0.0870. The number of nitrogens with one attached hydrogen (secondary N) is 1. The molecule has 0 spiro atoms. The van der Waals surface area contributed by atoms with Gasteiger partial charge in [0.2, 0.25) is 5.91 Å². The molecule has 0 saturated heterocycles. The lowest BCUT2D eigenvalue weighted by Gasteiger charge is -2.11. The second-order valence-electron chi connectivity index (χ2n) is 6.69. The summed E-state index contributed by atoms with van der Waals surface area (Å²) in [6.45, 7) is 2.04. The third kappa shape index (κ3) is 4.72. The molecule has 1 N–H and O–H groups in total. The number of anilines is 1. The molecule has 4 aromatic rings. The van der Waals surface area contributed by atoms with Crippen LogP contribution in [-0.4, -0.2) is 26.4 Å². The fourth-order valence-corrected chi connectivity index (χ4v) is 3.88. The van der Waals surface area contributed by atoms with E-state index in [4.69, 9.17) is 11.6 Å². The van der Waals surface area contributed by atoms with Crippen LogP contribution in [0.1, 0.15) is 5.56 Å². The van der Waals surface area contributed by atoms with Crippen LogP contribution in [0.4, 0.5) is 5.69 Å². The van der Waals surface area contributed by atoms with Crippen molar-refractivity contribution in [3.63, 3.8) is 0 Å². The van der Waals surface area contributed by atoms with E-state index in [-0.39, 0.29) is 11.7 Å². The van der Waals surface area contributed by atoms with Crippen molar-refractivity contribution in [2.45, 2.75) is 12.1 Å². The first-order valence-electron chi connectivity index (χ1n) is 9.36. The average molecular weight is 435 g/mol. The van der Waals surface area contributed by atoms with Gasteiger partial charge in [-0.15, -0.1) is 10.2 Å². The van der Waals surface area contributed by atoms with E-state index in [9.17, 15) is 4.79 Å². The Labute approximate surface area is 184 Å². The Kier molecular flexibility index (Phi) is 6.16. The summed E-state index contributed by atoms with van der Waals surface area (Å²) in [7, 11) is 0. The van der Waals surface area contributed by atoms with Crippen LogP contribution in [0.25, 0.3) is 17.1 Å². The van der Waals surface area contributed by atoms with Crippen molar-refractivity contribution in [3.8, 4) is 17.1 Å². The van der Waals surface area contributed by atoms with E-state index in [1.54, 1.807) is 0 Å². The molecule has 7 heteroatoms. The van der Waals surface area contributed by atoms with Gasteiger partial charge in [0.1, 0.15) is 0 Å². The number of para-hydroxylation sites is 1. The first kappa shape index (κ1) is 20.2. The lowest BCUT2D eigenvalue weighted by atomic mass is 10.2. The maximum Gasteiger partial charge on any atom is 0.234 e. The monoisotopic (exact) mass is 434 g/mol. The van der Waals surface area contributed by atoms with E-state index in [0.717, 1.165) is 22.5 Å². The molecule has 0 radical (unpaired) electrons. The van der Waals surface area contributed by atoms with Crippen LogP contribution in [0.2, 0.25) is 5.02 Å². The predicted molar refractivity (Wildman–Crippen MR) is 122 cm³/mol. The number of halogens is 1. The quantitative estimate of drug-likeness (QED) is 0.400. The molecule has 1 amide bonds. The number of hydrogen-bond acceptors (Lipinski definition) is 4. The Bertz CT molecular complexity index is 1160. The van der Waals surface area contributed by atoms with E-state index in [1.807, 2.05) is 84.3 Å². The summed E-state index contributed by atoms with van der Waals surface area (Å²) in [4.78, 5) is 12.4. The second-order valence-corrected chi connectivity index (χ2v) is 8.07. The molecule has 5 nitrogen and oxygen atoms in total. The highest BCUT2D eigenvalue weighted by Gasteiger charge is 2.17. The molecule has 1 heterocycles. The Morgan fingerprint density at radius 3 is 2.50 bits per heavy atom. The molecule has 150 valence electrons. The smallest absolute Gasteiger partial charge is 0.234 e. The summed E-state index contributed by atoms with van der Waals surface area (Å²) in [6, 6.07) is 25.0. The van der Waals surface area contributed by atoms with Crippen LogP contribution in [0, 0.1) is 6.92 Å². The summed E-state index contributed by atoms with van der Waals surface area (Å²) in [6.07, 6.45) is 0. The van der Waals surface area contributed by atoms with Gasteiger partial charge >= 0.3 is 0 Å². The number of carbonyl (C=O) groups excluding carboxylic acids is 1. The molecule has 3 aromatic carbocycles. The summed E-state index contributed by atoms with van der Waals surface area (Å²) < 4.78 is 1.97. The van der Waals surface area contributed by atoms with Gasteiger partial charge in [0.05, 0.1) is 5.75 Å². The lowest BCUT2D eigenvalue weighted by molar-refractivity contribution is -0.113. The number of nitrogens with zero attached hydrogens (tertiary/aromatic N) is 3. The average Bonchev–Trinajstić information content (AvgIpc) is 3.17. The van der Waals surface area contributed by atoms with Gasteiger partial charge in [-0.2, -0.15) is 0 Å². The largest absolute Gasteiger partial charge is 0.325 e. The van der Waals surface area contributed by atoms with E-state index < -0.39 is 0 Å². The summed E-state index contributed by atoms with van der Waals surface area (Å²) in [5.74, 6) is 0.820. The normalized spacial score (nSPS) is 10.7. The third-order valence-electron chi connectivity index (χ3n) is 4.39. The van der Waals surface area contributed by atoms with Gasteiger partial charge in [-0.05, 0) is 61.0 Å². The van der Waals surface area contributed by atoms with Gasteiger partial charge in [0.25, 0.3) is 0 Å². The van der Waals surface area contributed by atoms with Crippen molar-refractivity contribution in [1.82, 2.24) is 14.8 Å². The number of amides is 1. The Balaban J connectivity index is 1.62. The van der Waals surface area contributed by atoms with Crippen LogP contribution >= 0.6 is 23.4 Å². The van der Waals surface area contributed by atoms with Gasteiger partial charge in [-0.25, -0.2) is 0 Å². The molecule has 30 heavy (non-hydrogen) atoms. The van der Waals surface area contributed by atoms with Gasteiger partial charge in [0, 0.05) is 22.0 Å². The molecule has 0 atom stereocenters. The number of carbonyl (C=O) groups is 1. The van der Waals surface area contributed by atoms with E-state index >= 15 is 0 Å². The van der Waals surface area contributed by atoms with E-state index in [1.165, 1.54) is 11.8 Å². The first-order chi connectivity index (χ1) is 14.6. The lowest BCUT2D eigenvalue weighted by Crippen LogP contribution is -2.14. The van der Waals surface area contributed by atoms with Gasteiger partial charge in [-0.3, -0.25) is 9.36 Å². The standard InChI is InChI=1S/C23H19ClN4OS/c1-16-6-5-9-20(14-16)28-22(17-10-12-18(24)13-11-17)26-27-23(28)30-15-21(29)25-19-7-3-2-4-8-19/h2-14H,15H2,1H3,(H,25,29). The van der Waals surface area contributed by atoms with Crippen molar-refractivity contribution in [2.75, 3.05) is 11.1 Å². The molecule has 0 unspecified atom stereocenters. The highest BCUT2D eigenvalue weighted by atomic mass is 35.5. The van der Waals surface area contributed by atoms with E-state index in [0.29, 0.717) is 16.0 Å². The zero-order valence-corrected chi connectivity index (χ0v) is 17.8. The van der Waals surface area contributed by atoms with Crippen LogP contribution in [-0.2, 0) is 4.79 Å². The predicted octanol–water partition coefficient (Wildman–Crippen LogP) is 5.63. The maximum atomic E-state index is 12.4. The Hall–Kier alpha value is -3.09. The van der Waals surface area contributed by atoms with Gasteiger partial charge < -0.3 is 5.32 Å². The molecular formula is C23H19ClN4OS. The number of hydrogen-bond donors (Lipinski definition) is 1. The minimum atomic E-state index is -0.0990. The molecule has 0 fully saturated rings. The van der Waals surface area contributed by atoms with Crippen LogP contribution in [0.15, 0.2) is 84.0 Å². The zero-order chi connectivity index (χ0) is 20.9. The van der Waals surface area contributed by atoms with Crippen molar-refractivity contribution in [1.29, 1.82) is 0 Å². The Morgan fingerprint density at radius 2 is 1.77 bits per heavy atom. The first-order valence-corrected chi connectivity index (χ1v) is 10.7. The maximum absolute atomic E-state index is 12.4. The molecule has 1 aromatic heterocycles. The Morgan fingerprint density at radius 1 is 1.00 bits per heavy atom. The minimum absolute atomic E-state index is 0.0990. The van der Waals surface area contributed by atoms with E-state index in [2.05, 4.69) is 21.6 Å². The van der Waals surface area contributed by atoms with Crippen molar-refractivity contribution in [2.24, 2.45) is 0 Å². The van der Waals surface area contributed by atoms with Crippen molar-refractivity contribution >= 4 is 35.0 Å². The zero-order valence-electron chi connectivity index (χ0n) is 16.2.